The summed E-state index contributed by atoms with van der Waals surface area (Å²) in [5, 5.41) is 3.39. The van der Waals surface area contributed by atoms with Crippen molar-refractivity contribution in [3.8, 4) is 0 Å². The van der Waals surface area contributed by atoms with Gasteiger partial charge in [0.05, 0.1) is 10.7 Å². The van der Waals surface area contributed by atoms with Gasteiger partial charge < -0.3 is 10.6 Å². The largest absolute Gasteiger partial charge is 0.327 e. The monoisotopic (exact) mass is 255 g/mol. The van der Waals surface area contributed by atoms with Crippen LogP contribution in [0.25, 0.3) is 0 Å². The zero-order valence-corrected chi connectivity index (χ0v) is 12.3. The molecule has 1 aromatic rings. The second-order valence-corrected chi connectivity index (χ2v) is 5.96. The second-order valence-electron chi connectivity index (χ2n) is 5.02. The maximum atomic E-state index is 6.04. The predicted molar refractivity (Wildman–Crippen MR) is 75.3 cm³/mol. The minimum Gasteiger partial charge on any atom is -0.327 e. The van der Waals surface area contributed by atoms with Crippen molar-refractivity contribution >= 4 is 11.3 Å². The third kappa shape index (κ3) is 5.15. The van der Waals surface area contributed by atoms with Gasteiger partial charge >= 0.3 is 0 Å². The van der Waals surface area contributed by atoms with Crippen LogP contribution in [0.15, 0.2) is 5.38 Å². The molecule has 4 heteroatoms. The van der Waals surface area contributed by atoms with Crippen molar-refractivity contribution in [1.29, 1.82) is 0 Å². The maximum absolute atomic E-state index is 6.04. The van der Waals surface area contributed by atoms with Gasteiger partial charge in [0, 0.05) is 18.0 Å². The highest BCUT2D eigenvalue weighted by Crippen LogP contribution is 2.12. The van der Waals surface area contributed by atoms with Crippen LogP contribution < -0.4 is 5.73 Å². The number of hydrogen-bond donors (Lipinski definition) is 1. The van der Waals surface area contributed by atoms with Crippen LogP contribution in [0.1, 0.15) is 37.9 Å². The van der Waals surface area contributed by atoms with Crippen molar-refractivity contribution in [2.75, 3.05) is 13.6 Å². The summed E-state index contributed by atoms with van der Waals surface area (Å²) >= 11 is 1.76. The molecule has 1 atom stereocenters. The third-order valence-corrected chi connectivity index (χ3v) is 4.08. The summed E-state index contributed by atoms with van der Waals surface area (Å²) in [5.41, 5.74) is 7.23. The minimum atomic E-state index is 0.305. The molecule has 0 aliphatic rings. The molecule has 1 heterocycles. The Bertz CT molecular complexity index is 322. The van der Waals surface area contributed by atoms with Crippen molar-refractivity contribution < 1.29 is 0 Å². The van der Waals surface area contributed by atoms with E-state index < -0.39 is 0 Å². The van der Waals surface area contributed by atoms with E-state index in [-0.39, 0.29) is 0 Å². The first-order valence-corrected chi connectivity index (χ1v) is 7.28. The predicted octanol–water partition coefficient (Wildman–Crippen LogP) is 2.51. The first-order valence-electron chi connectivity index (χ1n) is 6.40. The summed E-state index contributed by atoms with van der Waals surface area (Å²) in [6.07, 6.45) is 2.09. The van der Waals surface area contributed by atoms with Crippen molar-refractivity contribution in [2.24, 2.45) is 11.7 Å². The average molecular weight is 255 g/mol. The molecule has 1 rings (SSSR count). The fourth-order valence-corrected chi connectivity index (χ4v) is 2.38. The van der Waals surface area contributed by atoms with E-state index in [2.05, 4.69) is 43.1 Å². The number of hydrogen-bond acceptors (Lipinski definition) is 4. The standard InChI is InChI=1S/C13H25N3S/c1-5-13-15-11(9-17-13)8-16(4)7-6-12(14)10(2)3/h9-10,12H,5-8,14H2,1-4H3. The highest BCUT2D eigenvalue weighted by atomic mass is 32.1. The lowest BCUT2D eigenvalue weighted by Gasteiger charge is -2.20. The van der Waals surface area contributed by atoms with Gasteiger partial charge in [0.25, 0.3) is 0 Å². The molecule has 0 amide bonds. The van der Waals surface area contributed by atoms with E-state index in [4.69, 9.17) is 5.73 Å². The van der Waals surface area contributed by atoms with Gasteiger partial charge in [-0.15, -0.1) is 11.3 Å². The van der Waals surface area contributed by atoms with E-state index in [1.165, 1.54) is 10.7 Å². The van der Waals surface area contributed by atoms with Gasteiger partial charge in [0.2, 0.25) is 0 Å². The molecule has 1 unspecified atom stereocenters. The van der Waals surface area contributed by atoms with Gasteiger partial charge in [-0.3, -0.25) is 0 Å². The number of aryl methyl sites for hydroxylation is 1. The number of nitrogens with zero attached hydrogens (tertiary/aromatic N) is 2. The first kappa shape index (κ1) is 14.6. The van der Waals surface area contributed by atoms with Crippen LogP contribution in [0.5, 0.6) is 0 Å². The Labute approximate surface area is 109 Å². The molecule has 2 N–H and O–H groups in total. The summed E-state index contributed by atoms with van der Waals surface area (Å²) in [6.45, 7) is 8.48. The SMILES string of the molecule is CCc1nc(CN(C)CCC(N)C(C)C)cs1. The zero-order valence-electron chi connectivity index (χ0n) is 11.4. The molecule has 0 bridgehead atoms. The third-order valence-electron chi connectivity index (χ3n) is 3.03. The van der Waals surface area contributed by atoms with E-state index in [0.29, 0.717) is 12.0 Å². The van der Waals surface area contributed by atoms with Gasteiger partial charge in [-0.05, 0) is 32.4 Å². The summed E-state index contributed by atoms with van der Waals surface area (Å²) < 4.78 is 0. The average Bonchev–Trinajstić information content (AvgIpc) is 2.73. The van der Waals surface area contributed by atoms with Gasteiger partial charge in [-0.1, -0.05) is 20.8 Å². The lowest BCUT2D eigenvalue weighted by atomic mass is 10.0. The number of rotatable bonds is 7. The van der Waals surface area contributed by atoms with Gasteiger partial charge in [-0.2, -0.15) is 0 Å². The molecule has 98 valence electrons. The molecule has 0 fully saturated rings. The Morgan fingerprint density at radius 2 is 2.18 bits per heavy atom. The summed E-state index contributed by atoms with van der Waals surface area (Å²) in [5.74, 6) is 0.564. The molecule has 0 aliphatic heterocycles. The fraction of sp³-hybridized carbons (Fsp3) is 0.769. The molecule has 17 heavy (non-hydrogen) atoms. The van der Waals surface area contributed by atoms with E-state index in [0.717, 1.165) is 25.9 Å². The Morgan fingerprint density at radius 1 is 1.47 bits per heavy atom. The van der Waals surface area contributed by atoms with Gasteiger partial charge in [0.1, 0.15) is 0 Å². The zero-order chi connectivity index (χ0) is 12.8. The topological polar surface area (TPSA) is 42.2 Å². The van der Waals surface area contributed by atoms with Crippen LogP contribution in [0.4, 0.5) is 0 Å². The molecule has 1 aromatic heterocycles. The molecular formula is C13H25N3S. The normalized spacial score (nSPS) is 13.6. The van der Waals surface area contributed by atoms with E-state index >= 15 is 0 Å². The van der Waals surface area contributed by atoms with Gasteiger partial charge in [-0.25, -0.2) is 4.98 Å². The van der Waals surface area contributed by atoms with Crippen molar-refractivity contribution in [2.45, 2.75) is 46.2 Å². The second kappa shape index (κ2) is 7.09. The molecule has 0 saturated heterocycles. The van der Waals surface area contributed by atoms with E-state index in [1.54, 1.807) is 11.3 Å². The Hall–Kier alpha value is -0.450. The summed E-state index contributed by atoms with van der Waals surface area (Å²) in [7, 11) is 2.14. The van der Waals surface area contributed by atoms with Crippen molar-refractivity contribution in [3.63, 3.8) is 0 Å². The van der Waals surface area contributed by atoms with Crippen LogP contribution in [-0.4, -0.2) is 29.5 Å². The molecule has 0 aromatic carbocycles. The minimum absolute atomic E-state index is 0.305. The smallest absolute Gasteiger partial charge is 0.0926 e. The molecule has 0 spiro atoms. The molecule has 0 aliphatic carbocycles. The number of nitrogens with two attached hydrogens (primary N) is 1. The van der Waals surface area contributed by atoms with E-state index in [9.17, 15) is 0 Å². The Morgan fingerprint density at radius 3 is 2.71 bits per heavy atom. The van der Waals surface area contributed by atoms with Gasteiger partial charge in [0.15, 0.2) is 0 Å². The van der Waals surface area contributed by atoms with Crippen LogP contribution in [0.2, 0.25) is 0 Å². The quantitative estimate of drug-likeness (QED) is 0.814. The number of aromatic nitrogens is 1. The van der Waals surface area contributed by atoms with Crippen molar-refractivity contribution in [3.05, 3.63) is 16.1 Å². The fourth-order valence-electron chi connectivity index (χ4n) is 1.64. The van der Waals surface area contributed by atoms with Crippen molar-refractivity contribution in [1.82, 2.24) is 9.88 Å². The summed E-state index contributed by atoms with van der Waals surface area (Å²) in [4.78, 5) is 6.88. The Kier molecular flexibility index (Phi) is 6.09. The molecule has 3 nitrogen and oxygen atoms in total. The van der Waals surface area contributed by atoms with E-state index in [1.807, 2.05) is 0 Å². The van der Waals surface area contributed by atoms with Crippen LogP contribution in [-0.2, 0) is 13.0 Å². The van der Waals surface area contributed by atoms with Crippen LogP contribution >= 0.6 is 11.3 Å². The number of thiazole rings is 1. The lowest BCUT2D eigenvalue weighted by molar-refractivity contribution is 0.294. The van der Waals surface area contributed by atoms with Crippen LogP contribution in [0.3, 0.4) is 0 Å². The molecular weight excluding hydrogens is 230 g/mol. The highest BCUT2D eigenvalue weighted by Gasteiger charge is 2.10. The molecule has 0 radical (unpaired) electrons. The summed E-state index contributed by atoms with van der Waals surface area (Å²) in [6, 6.07) is 0.305. The lowest BCUT2D eigenvalue weighted by Crippen LogP contribution is -2.31. The Balaban J connectivity index is 2.31. The molecule has 0 saturated carbocycles. The first-order chi connectivity index (χ1) is 8.02. The maximum Gasteiger partial charge on any atom is 0.0926 e. The highest BCUT2D eigenvalue weighted by molar-refractivity contribution is 7.09. The van der Waals surface area contributed by atoms with Crippen LogP contribution in [0, 0.1) is 5.92 Å².